The first-order chi connectivity index (χ1) is 18.5. The minimum Gasteiger partial charge on any atom is -0.466 e. The molecule has 0 aliphatic heterocycles. The zero-order valence-electron chi connectivity index (χ0n) is 25.1. The topological polar surface area (TPSA) is 115 Å². The predicted octanol–water partition coefficient (Wildman–Crippen LogP) is 4.18. The first-order valence-electron chi connectivity index (χ1n) is 15.3. The fraction of sp³-hybridized carbons (Fsp3) is 0.967. The number of carbonyl (C=O) groups excluding carboxylic acids is 1. The van der Waals surface area contributed by atoms with Crippen LogP contribution in [0.25, 0.3) is 0 Å². The van der Waals surface area contributed by atoms with Crippen LogP contribution in [0.15, 0.2) is 0 Å². The van der Waals surface area contributed by atoms with E-state index in [1.54, 1.807) is 21.3 Å². The third kappa shape index (κ3) is 5.75. The van der Waals surface area contributed by atoms with E-state index in [9.17, 15) is 20.1 Å². The Hall–Kier alpha value is -0.553. The molecule has 0 aromatic rings. The van der Waals surface area contributed by atoms with Gasteiger partial charge in [0, 0.05) is 33.8 Å². The molecule has 8 nitrogen and oxygen atoms in total. The van der Waals surface area contributed by atoms with Crippen LogP contribution in [-0.2, 0) is 22.8 Å². The highest BCUT2D eigenvalue weighted by Gasteiger charge is 2.65. The van der Waals surface area contributed by atoms with E-state index >= 15 is 0 Å². The van der Waals surface area contributed by atoms with Crippen molar-refractivity contribution in [1.82, 2.24) is 0 Å². The summed E-state index contributed by atoms with van der Waals surface area (Å²) in [5.41, 5.74) is -0.173. The van der Waals surface area contributed by atoms with E-state index < -0.39 is 14.9 Å². The largest absolute Gasteiger partial charge is 0.500 e. The molecule has 4 rings (SSSR count). The number of hydrogen-bond donors (Lipinski definition) is 3. The quantitative estimate of drug-likeness (QED) is 0.193. The molecule has 0 bridgehead atoms. The fourth-order valence-electron chi connectivity index (χ4n) is 9.78. The van der Waals surface area contributed by atoms with Crippen LogP contribution >= 0.6 is 0 Å². The van der Waals surface area contributed by atoms with E-state index in [1.165, 1.54) is 0 Å². The number of ether oxygens (including phenoxy) is 1. The standard InChI is InChI=1S/C30H54O8Si/c1-19(8-11-27(34)38-14-7-15-39(35-4,36-5)37-6)22-9-10-23-28-24(18-26(33)30(22,23)3)29(2)13-12-21(31)16-20(29)17-25(28)32/h19-26,28,31-33H,7-18H2,1-6H3/t19-,20+,21-,22-,23+,24+,25-,26+,28+,29+,30-/m1/s1. The summed E-state index contributed by atoms with van der Waals surface area (Å²) >= 11 is 0. The monoisotopic (exact) mass is 570 g/mol. The maximum atomic E-state index is 12.5. The molecular formula is C30H54O8Si. The Morgan fingerprint density at radius 2 is 1.67 bits per heavy atom. The molecule has 0 aromatic heterocycles. The molecule has 39 heavy (non-hydrogen) atoms. The van der Waals surface area contributed by atoms with E-state index in [0.717, 1.165) is 51.4 Å². The number of rotatable bonds is 11. The molecular weight excluding hydrogens is 516 g/mol. The molecule has 0 unspecified atom stereocenters. The van der Waals surface area contributed by atoms with Crippen LogP contribution < -0.4 is 0 Å². The summed E-state index contributed by atoms with van der Waals surface area (Å²) in [4.78, 5) is 12.5. The minimum atomic E-state index is -2.65. The number of aliphatic hydroxyl groups excluding tert-OH is 3. The van der Waals surface area contributed by atoms with Crippen molar-refractivity contribution in [2.24, 2.45) is 46.3 Å². The zero-order chi connectivity index (χ0) is 28.6. The molecule has 0 spiro atoms. The second kappa shape index (κ2) is 12.4. The number of esters is 1. The summed E-state index contributed by atoms with van der Waals surface area (Å²) in [5.74, 6) is 1.53. The maximum absolute atomic E-state index is 12.5. The zero-order valence-corrected chi connectivity index (χ0v) is 26.1. The third-order valence-electron chi connectivity index (χ3n) is 12.1. The van der Waals surface area contributed by atoms with Crippen LogP contribution in [0.4, 0.5) is 0 Å². The summed E-state index contributed by atoms with van der Waals surface area (Å²) in [7, 11) is 2.09. The van der Waals surface area contributed by atoms with Gasteiger partial charge in [-0.2, -0.15) is 0 Å². The molecule has 226 valence electrons. The van der Waals surface area contributed by atoms with Crippen LogP contribution in [0.5, 0.6) is 0 Å². The average molecular weight is 571 g/mol. The van der Waals surface area contributed by atoms with E-state index in [2.05, 4.69) is 20.8 Å². The van der Waals surface area contributed by atoms with Crippen LogP contribution in [-0.4, -0.2) is 76.3 Å². The molecule has 4 aliphatic rings. The van der Waals surface area contributed by atoms with Crippen LogP contribution in [0, 0.1) is 46.3 Å². The number of hydrogen-bond acceptors (Lipinski definition) is 8. The van der Waals surface area contributed by atoms with E-state index in [4.69, 9.17) is 18.0 Å². The fourth-order valence-corrected chi connectivity index (χ4v) is 11.5. The highest BCUT2D eigenvalue weighted by Crippen LogP contribution is 2.68. The molecule has 4 aliphatic carbocycles. The predicted molar refractivity (Wildman–Crippen MR) is 150 cm³/mol. The first kappa shape index (κ1) is 31.4. The van der Waals surface area contributed by atoms with Gasteiger partial charge >= 0.3 is 14.8 Å². The first-order valence-corrected chi connectivity index (χ1v) is 17.2. The van der Waals surface area contributed by atoms with Crippen molar-refractivity contribution in [1.29, 1.82) is 0 Å². The van der Waals surface area contributed by atoms with Crippen LogP contribution in [0.2, 0.25) is 6.04 Å². The molecule has 3 N–H and O–H groups in total. The van der Waals surface area contributed by atoms with Gasteiger partial charge in [-0.25, -0.2) is 0 Å². The van der Waals surface area contributed by atoms with Gasteiger partial charge in [0.25, 0.3) is 0 Å². The normalized spacial score (nSPS) is 42.8. The van der Waals surface area contributed by atoms with Gasteiger partial charge in [0.2, 0.25) is 0 Å². The van der Waals surface area contributed by atoms with E-state index in [1.807, 2.05) is 0 Å². The van der Waals surface area contributed by atoms with Crippen LogP contribution in [0.3, 0.4) is 0 Å². The smallest absolute Gasteiger partial charge is 0.466 e. The Morgan fingerprint density at radius 3 is 2.33 bits per heavy atom. The number of carbonyl (C=O) groups is 1. The number of aliphatic hydroxyl groups is 3. The van der Waals surface area contributed by atoms with Gasteiger partial charge in [-0.1, -0.05) is 20.8 Å². The molecule has 4 fully saturated rings. The van der Waals surface area contributed by atoms with Gasteiger partial charge in [-0.3, -0.25) is 4.79 Å². The summed E-state index contributed by atoms with van der Waals surface area (Å²) in [6, 6.07) is 0.592. The Bertz CT molecular complexity index is 830. The highest BCUT2D eigenvalue weighted by molar-refractivity contribution is 6.60. The van der Waals surface area contributed by atoms with Gasteiger partial charge < -0.3 is 33.3 Å². The lowest BCUT2D eigenvalue weighted by molar-refractivity contribution is -0.207. The maximum Gasteiger partial charge on any atom is 0.500 e. The second-order valence-electron chi connectivity index (χ2n) is 13.7. The Balaban J connectivity index is 1.34. The van der Waals surface area contributed by atoms with Gasteiger partial charge in [-0.05, 0) is 104 Å². The average Bonchev–Trinajstić information content (AvgIpc) is 3.28. The molecule has 0 aromatic carbocycles. The minimum absolute atomic E-state index is 0.0802. The van der Waals surface area contributed by atoms with Gasteiger partial charge in [0.1, 0.15) is 0 Å². The Kier molecular flexibility index (Phi) is 9.94. The lowest BCUT2D eigenvalue weighted by Crippen LogP contribution is -2.62. The molecule has 0 amide bonds. The molecule has 0 saturated heterocycles. The summed E-state index contributed by atoms with van der Waals surface area (Å²) in [6.45, 7) is 7.16. The van der Waals surface area contributed by atoms with Crippen molar-refractivity contribution in [3.05, 3.63) is 0 Å². The molecule has 4 saturated carbocycles. The Labute approximate surface area is 236 Å². The SMILES string of the molecule is CO[Si](CCCOC(=O)CC[C@@H](C)[C@H]1CC[C@H]2[C@@H]3[C@H](O)C[C@@H]4C[C@H](O)CC[C@]4(C)[C@H]3C[C@H](O)[C@]12C)(OC)OC. The number of fused-ring (bicyclic) bond motifs is 5. The lowest BCUT2D eigenvalue weighted by Gasteiger charge is -2.63. The molecule has 9 heteroatoms. The lowest BCUT2D eigenvalue weighted by atomic mass is 9.43. The molecule has 11 atom stereocenters. The van der Waals surface area contributed by atoms with Crippen molar-refractivity contribution in [3.63, 3.8) is 0 Å². The summed E-state index contributed by atoms with van der Waals surface area (Å²) in [6.07, 6.45) is 6.84. The molecule has 0 radical (unpaired) electrons. The Morgan fingerprint density at radius 1 is 0.974 bits per heavy atom. The van der Waals surface area contributed by atoms with Crippen molar-refractivity contribution in [2.75, 3.05) is 27.9 Å². The van der Waals surface area contributed by atoms with Gasteiger partial charge in [0.15, 0.2) is 0 Å². The van der Waals surface area contributed by atoms with Crippen molar-refractivity contribution in [3.8, 4) is 0 Å². The highest BCUT2D eigenvalue weighted by atomic mass is 28.4. The summed E-state index contributed by atoms with van der Waals surface area (Å²) < 4.78 is 21.8. The second-order valence-corrected chi connectivity index (χ2v) is 16.8. The third-order valence-corrected chi connectivity index (χ3v) is 15.0. The van der Waals surface area contributed by atoms with Gasteiger partial charge in [-0.15, -0.1) is 0 Å². The van der Waals surface area contributed by atoms with Crippen molar-refractivity contribution < 1.29 is 38.1 Å². The van der Waals surface area contributed by atoms with Gasteiger partial charge in [0.05, 0.1) is 24.9 Å². The van der Waals surface area contributed by atoms with Crippen molar-refractivity contribution >= 4 is 14.8 Å². The summed E-state index contributed by atoms with van der Waals surface area (Å²) in [5, 5.41) is 33.5. The molecule has 0 heterocycles. The van der Waals surface area contributed by atoms with E-state index in [0.29, 0.717) is 43.2 Å². The van der Waals surface area contributed by atoms with Crippen molar-refractivity contribution in [2.45, 2.75) is 109 Å². The van der Waals surface area contributed by atoms with Crippen LogP contribution in [0.1, 0.15) is 85.0 Å². The van der Waals surface area contributed by atoms with E-state index in [-0.39, 0.29) is 46.8 Å².